The lowest BCUT2D eigenvalue weighted by molar-refractivity contribution is -0.123. The minimum Gasteiger partial charge on any atom is -0.352 e. The summed E-state index contributed by atoms with van der Waals surface area (Å²) in [5, 5.41) is 3.13. The molecule has 0 saturated heterocycles. The molecule has 1 aliphatic carbocycles. The Morgan fingerprint density at radius 3 is 2.82 bits per heavy atom. The van der Waals surface area contributed by atoms with Crippen LogP contribution in [0.4, 0.5) is 0 Å². The lowest BCUT2D eigenvalue weighted by atomic mass is 9.78. The molecule has 0 aromatic rings. The van der Waals surface area contributed by atoms with Crippen LogP contribution < -0.4 is 11.1 Å². The van der Waals surface area contributed by atoms with Crippen LogP contribution in [0.3, 0.4) is 0 Å². The van der Waals surface area contributed by atoms with Gasteiger partial charge in [-0.05, 0) is 36.7 Å². The van der Waals surface area contributed by atoms with Gasteiger partial charge in [0.2, 0.25) is 5.91 Å². The topological polar surface area (TPSA) is 55.1 Å². The SMILES string of the molecule is CSCC[C@@H](N)C(=O)NC1CCCC(C)C1C. The predicted octanol–water partition coefficient (Wildman–Crippen LogP) is 2.01. The number of carbonyl (C=O) groups is 1. The summed E-state index contributed by atoms with van der Waals surface area (Å²) in [5.74, 6) is 2.26. The van der Waals surface area contributed by atoms with Gasteiger partial charge in [-0.2, -0.15) is 11.8 Å². The third-order valence-electron chi connectivity index (χ3n) is 4.00. The van der Waals surface area contributed by atoms with Crippen molar-refractivity contribution in [3.63, 3.8) is 0 Å². The van der Waals surface area contributed by atoms with Crippen molar-refractivity contribution in [1.29, 1.82) is 0 Å². The van der Waals surface area contributed by atoms with Gasteiger partial charge in [0.25, 0.3) is 0 Å². The van der Waals surface area contributed by atoms with E-state index in [0.717, 1.165) is 18.6 Å². The zero-order chi connectivity index (χ0) is 12.8. The number of rotatable bonds is 5. The molecule has 4 atom stereocenters. The highest BCUT2D eigenvalue weighted by molar-refractivity contribution is 7.98. The molecular formula is C13H26N2OS. The van der Waals surface area contributed by atoms with Gasteiger partial charge in [0.1, 0.15) is 0 Å². The summed E-state index contributed by atoms with van der Waals surface area (Å²) in [4.78, 5) is 11.9. The Morgan fingerprint density at radius 2 is 2.18 bits per heavy atom. The van der Waals surface area contributed by atoms with Gasteiger partial charge in [-0.1, -0.05) is 26.7 Å². The molecule has 4 heteroatoms. The molecule has 1 fully saturated rings. The van der Waals surface area contributed by atoms with E-state index in [9.17, 15) is 4.79 Å². The molecule has 1 rings (SSSR count). The van der Waals surface area contributed by atoms with Crippen LogP contribution in [0, 0.1) is 11.8 Å². The highest BCUT2D eigenvalue weighted by Crippen LogP contribution is 2.29. The van der Waals surface area contributed by atoms with Crippen LogP contribution in [0.25, 0.3) is 0 Å². The van der Waals surface area contributed by atoms with Crippen molar-refractivity contribution in [2.24, 2.45) is 17.6 Å². The maximum atomic E-state index is 11.9. The molecule has 0 spiro atoms. The lowest BCUT2D eigenvalue weighted by Crippen LogP contribution is -2.49. The molecule has 1 aliphatic rings. The van der Waals surface area contributed by atoms with Crippen molar-refractivity contribution in [1.82, 2.24) is 5.32 Å². The maximum absolute atomic E-state index is 11.9. The fourth-order valence-corrected chi connectivity index (χ4v) is 2.94. The standard InChI is InChI=1S/C13H26N2OS/c1-9-5-4-6-12(10(9)2)15-13(16)11(14)7-8-17-3/h9-12H,4-8,14H2,1-3H3,(H,15,16)/t9?,10?,11-,12?/m1/s1. The molecule has 100 valence electrons. The fourth-order valence-electron chi connectivity index (χ4n) is 2.45. The highest BCUT2D eigenvalue weighted by Gasteiger charge is 2.29. The van der Waals surface area contributed by atoms with Gasteiger partial charge in [0, 0.05) is 6.04 Å². The first-order chi connectivity index (χ1) is 8.06. The molecule has 3 unspecified atom stereocenters. The average Bonchev–Trinajstić information content (AvgIpc) is 2.31. The quantitative estimate of drug-likeness (QED) is 0.793. The third kappa shape index (κ3) is 4.51. The summed E-state index contributed by atoms with van der Waals surface area (Å²) in [6.07, 6.45) is 6.41. The molecule has 0 bridgehead atoms. The minimum atomic E-state index is -0.341. The Kier molecular flexibility index (Phi) is 6.34. The monoisotopic (exact) mass is 258 g/mol. The number of carbonyl (C=O) groups excluding carboxylic acids is 1. The second kappa shape index (κ2) is 7.27. The van der Waals surface area contributed by atoms with Crippen molar-refractivity contribution in [3.8, 4) is 0 Å². The van der Waals surface area contributed by atoms with E-state index in [1.54, 1.807) is 11.8 Å². The summed E-state index contributed by atoms with van der Waals surface area (Å²) in [7, 11) is 0. The molecule has 0 radical (unpaired) electrons. The first-order valence-corrected chi connectivity index (χ1v) is 8.00. The van der Waals surface area contributed by atoms with Crippen LogP contribution in [0.1, 0.15) is 39.5 Å². The predicted molar refractivity (Wildman–Crippen MR) is 75.1 cm³/mol. The second-order valence-electron chi connectivity index (χ2n) is 5.27. The molecule has 3 nitrogen and oxygen atoms in total. The molecule has 0 aromatic carbocycles. The summed E-state index contributed by atoms with van der Waals surface area (Å²) in [6.45, 7) is 4.51. The van der Waals surface area contributed by atoms with E-state index in [2.05, 4.69) is 19.2 Å². The smallest absolute Gasteiger partial charge is 0.237 e. The Hall–Kier alpha value is -0.220. The lowest BCUT2D eigenvalue weighted by Gasteiger charge is -2.35. The van der Waals surface area contributed by atoms with Crippen LogP contribution in [0.15, 0.2) is 0 Å². The first-order valence-electron chi connectivity index (χ1n) is 6.61. The van der Waals surface area contributed by atoms with Crippen molar-refractivity contribution < 1.29 is 4.79 Å². The number of nitrogens with two attached hydrogens (primary N) is 1. The number of hydrogen-bond donors (Lipinski definition) is 2. The van der Waals surface area contributed by atoms with E-state index in [0.29, 0.717) is 17.9 Å². The van der Waals surface area contributed by atoms with E-state index in [1.165, 1.54) is 12.8 Å². The fraction of sp³-hybridized carbons (Fsp3) is 0.923. The number of nitrogens with one attached hydrogen (secondary N) is 1. The van der Waals surface area contributed by atoms with E-state index in [1.807, 2.05) is 6.26 Å². The van der Waals surface area contributed by atoms with E-state index >= 15 is 0 Å². The normalized spacial score (nSPS) is 30.9. The van der Waals surface area contributed by atoms with Gasteiger partial charge in [-0.25, -0.2) is 0 Å². The van der Waals surface area contributed by atoms with Crippen molar-refractivity contribution >= 4 is 17.7 Å². The zero-order valence-corrected chi connectivity index (χ0v) is 12.1. The average molecular weight is 258 g/mol. The first kappa shape index (κ1) is 14.8. The van der Waals surface area contributed by atoms with E-state index in [4.69, 9.17) is 5.73 Å². The van der Waals surface area contributed by atoms with Crippen LogP contribution in [-0.2, 0) is 4.79 Å². The molecular weight excluding hydrogens is 232 g/mol. The summed E-state index contributed by atoms with van der Waals surface area (Å²) in [5.41, 5.74) is 5.88. The third-order valence-corrected chi connectivity index (χ3v) is 4.65. The van der Waals surface area contributed by atoms with Gasteiger partial charge in [-0.3, -0.25) is 4.79 Å². The minimum absolute atomic E-state index is 0.0324. The molecule has 1 saturated carbocycles. The maximum Gasteiger partial charge on any atom is 0.237 e. The molecule has 3 N–H and O–H groups in total. The van der Waals surface area contributed by atoms with Gasteiger partial charge in [0.05, 0.1) is 6.04 Å². The molecule has 1 amide bonds. The Morgan fingerprint density at radius 1 is 1.47 bits per heavy atom. The Balaban J connectivity index is 2.39. The number of hydrogen-bond acceptors (Lipinski definition) is 3. The second-order valence-corrected chi connectivity index (χ2v) is 6.26. The summed E-state index contributed by atoms with van der Waals surface area (Å²) < 4.78 is 0. The summed E-state index contributed by atoms with van der Waals surface area (Å²) >= 11 is 1.73. The molecule has 0 heterocycles. The van der Waals surface area contributed by atoms with E-state index < -0.39 is 0 Å². The van der Waals surface area contributed by atoms with Crippen molar-refractivity contribution in [2.45, 2.75) is 51.6 Å². The van der Waals surface area contributed by atoms with Crippen molar-refractivity contribution in [2.75, 3.05) is 12.0 Å². The van der Waals surface area contributed by atoms with Crippen LogP contribution in [0.2, 0.25) is 0 Å². The van der Waals surface area contributed by atoms with Crippen LogP contribution >= 0.6 is 11.8 Å². The van der Waals surface area contributed by atoms with Gasteiger partial charge in [-0.15, -0.1) is 0 Å². The number of thioether (sulfide) groups is 1. The molecule has 17 heavy (non-hydrogen) atoms. The highest BCUT2D eigenvalue weighted by atomic mass is 32.2. The van der Waals surface area contributed by atoms with Crippen molar-refractivity contribution in [3.05, 3.63) is 0 Å². The van der Waals surface area contributed by atoms with Gasteiger partial charge >= 0.3 is 0 Å². The number of amides is 1. The van der Waals surface area contributed by atoms with Crippen LogP contribution in [-0.4, -0.2) is 30.0 Å². The Labute approximate surface area is 109 Å². The van der Waals surface area contributed by atoms with Gasteiger partial charge in [0.15, 0.2) is 0 Å². The summed E-state index contributed by atoms with van der Waals surface area (Å²) in [6, 6.07) is -0.0153. The van der Waals surface area contributed by atoms with Crippen LogP contribution in [0.5, 0.6) is 0 Å². The molecule has 0 aliphatic heterocycles. The zero-order valence-electron chi connectivity index (χ0n) is 11.2. The molecule has 0 aromatic heterocycles. The van der Waals surface area contributed by atoms with E-state index in [-0.39, 0.29) is 11.9 Å². The van der Waals surface area contributed by atoms with Gasteiger partial charge < -0.3 is 11.1 Å². The largest absolute Gasteiger partial charge is 0.352 e. The Bertz CT molecular complexity index is 248.